The number of anilines is 1. The SMILES string of the molecule is Cl.Cl.O=C(CCC1CCNC1)Nc1cccnc1-n1cccn1. The Kier molecular flexibility index (Phi) is 8.02. The molecular weight excluding hydrogens is 337 g/mol. The maximum atomic E-state index is 12.1. The largest absolute Gasteiger partial charge is 0.323 e. The zero-order chi connectivity index (χ0) is 14.5. The maximum absolute atomic E-state index is 12.1. The van der Waals surface area contributed by atoms with E-state index in [4.69, 9.17) is 0 Å². The fraction of sp³-hybridized carbons (Fsp3) is 0.400. The van der Waals surface area contributed by atoms with Crippen LogP contribution in [0.25, 0.3) is 5.82 Å². The number of hydrogen-bond donors (Lipinski definition) is 2. The lowest BCUT2D eigenvalue weighted by Crippen LogP contribution is -2.16. The van der Waals surface area contributed by atoms with Crippen LogP contribution in [0.4, 0.5) is 5.69 Å². The molecule has 2 N–H and O–H groups in total. The summed E-state index contributed by atoms with van der Waals surface area (Å²) < 4.78 is 1.65. The molecule has 0 aromatic carbocycles. The van der Waals surface area contributed by atoms with E-state index in [1.54, 1.807) is 17.1 Å². The molecule has 3 heterocycles. The normalized spacial score (nSPS) is 16.3. The molecule has 1 aliphatic heterocycles. The van der Waals surface area contributed by atoms with Crippen molar-refractivity contribution in [3.8, 4) is 5.82 Å². The minimum absolute atomic E-state index is 0. The van der Waals surface area contributed by atoms with Gasteiger partial charge in [-0.2, -0.15) is 5.10 Å². The molecule has 23 heavy (non-hydrogen) atoms. The first kappa shape index (κ1) is 19.4. The van der Waals surface area contributed by atoms with Crippen molar-refractivity contribution < 1.29 is 4.79 Å². The second-order valence-electron chi connectivity index (χ2n) is 5.27. The Morgan fingerprint density at radius 1 is 1.35 bits per heavy atom. The molecule has 1 unspecified atom stereocenters. The van der Waals surface area contributed by atoms with Gasteiger partial charge in [-0.25, -0.2) is 9.67 Å². The quantitative estimate of drug-likeness (QED) is 0.861. The number of nitrogens with zero attached hydrogens (tertiary/aromatic N) is 3. The van der Waals surface area contributed by atoms with Gasteiger partial charge < -0.3 is 10.6 Å². The van der Waals surface area contributed by atoms with Gasteiger partial charge in [-0.05, 0) is 50.0 Å². The smallest absolute Gasteiger partial charge is 0.224 e. The Morgan fingerprint density at radius 3 is 2.91 bits per heavy atom. The molecular formula is C15H21Cl2N5O. The van der Waals surface area contributed by atoms with Crippen molar-refractivity contribution in [3.05, 3.63) is 36.8 Å². The molecule has 2 aromatic heterocycles. The van der Waals surface area contributed by atoms with E-state index in [0.717, 1.165) is 19.5 Å². The number of aromatic nitrogens is 3. The molecule has 0 aliphatic carbocycles. The Bertz CT molecular complexity index is 600. The van der Waals surface area contributed by atoms with Gasteiger partial charge in [0.1, 0.15) is 0 Å². The molecule has 0 bridgehead atoms. The maximum Gasteiger partial charge on any atom is 0.224 e. The highest BCUT2D eigenvalue weighted by atomic mass is 35.5. The Morgan fingerprint density at radius 2 is 2.22 bits per heavy atom. The third kappa shape index (κ3) is 5.20. The first-order valence-corrected chi connectivity index (χ1v) is 7.28. The van der Waals surface area contributed by atoms with Gasteiger partial charge in [0.25, 0.3) is 0 Å². The van der Waals surface area contributed by atoms with Gasteiger partial charge in [-0.3, -0.25) is 4.79 Å². The van der Waals surface area contributed by atoms with Crippen LogP contribution < -0.4 is 10.6 Å². The molecule has 1 aliphatic rings. The zero-order valence-corrected chi connectivity index (χ0v) is 14.3. The molecule has 6 nitrogen and oxygen atoms in total. The number of nitrogens with one attached hydrogen (secondary N) is 2. The fourth-order valence-corrected chi connectivity index (χ4v) is 2.58. The number of carbonyl (C=O) groups is 1. The summed E-state index contributed by atoms with van der Waals surface area (Å²) in [6.07, 6.45) is 7.82. The van der Waals surface area contributed by atoms with Crippen molar-refractivity contribution in [2.75, 3.05) is 18.4 Å². The highest BCUT2D eigenvalue weighted by molar-refractivity contribution is 5.92. The number of carbonyl (C=O) groups excluding carboxylic acids is 1. The summed E-state index contributed by atoms with van der Waals surface area (Å²) in [4.78, 5) is 16.4. The van der Waals surface area contributed by atoms with Crippen molar-refractivity contribution >= 4 is 36.4 Å². The lowest BCUT2D eigenvalue weighted by molar-refractivity contribution is -0.116. The second-order valence-corrected chi connectivity index (χ2v) is 5.27. The predicted octanol–water partition coefficient (Wildman–Crippen LogP) is 2.44. The number of hydrogen-bond acceptors (Lipinski definition) is 4. The zero-order valence-electron chi connectivity index (χ0n) is 12.6. The van der Waals surface area contributed by atoms with E-state index in [9.17, 15) is 4.79 Å². The summed E-state index contributed by atoms with van der Waals surface area (Å²) in [6.45, 7) is 2.09. The van der Waals surface area contributed by atoms with Crippen LogP contribution in [0, 0.1) is 5.92 Å². The van der Waals surface area contributed by atoms with Crippen LogP contribution in [-0.2, 0) is 4.79 Å². The summed E-state index contributed by atoms with van der Waals surface area (Å²) >= 11 is 0. The lowest BCUT2D eigenvalue weighted by Gasteiger charge is -2.11. The van der Waals surface area contributed by atoms with Crippen LogP contribution in [0.5, 0.6) is 0 Å². The van der Waals surface area contributed by atoms with Gasteiger partial charge in [0, 0.05) is 25.0 Å². The number of rotatable bonds is 5. The monoisotopic (exact) mass is 357 g/mol. The molecule has 126 valence electrons. The van der Waals surface area contributed by atoms with Gasteiger partial charge >= 0.3 is 0 Å². The van der Waals surface area contributed by atoms with Crippen molar-refractivity contribution in [1.29, 1.82) is 0 Å². The van der Waals surface area contributed by atoms with Crippen molar-refractivity contribution in [1.82, 2.24) is 20.1 Å². The molecule has 2 aromatic rings. The molecule has 0 saturated carbocycles. The molecule has 0 spiro atoms. The third-order valence-electron chi connectivity index (χ3n) is 3.72. The molecule has 3 rings (SSSR count). The van der Waals surface area contributed by atoms with E-state index >= 15 is 0 Å². The molecule has 0 radical (unpaired) electrons. The number of amides is 1. The summed E-state index contributed by atoms with van der Waals surface area (Å²) in [5.41, 5.74) is 0.691. The first-order valence-electron chi connectivity index (χ1n) is 7.28. The van der Waals surface area contributed by atoms with E-state index in [1.807, 2.05) is 24.4 Å². The van der Waals surface area contributed by atoms with Crippen LogP contribution in [-0.4, -0.2) is 33.8 Å². The van der Waals surface area contributed by atoms with Crippen molar-refractivity contribution in [2.24, 2.45) is 5.92 Å². The van der Waals surface area contributed by atoms with Gasteiger partial charge in [0.2, 0.25) is 5.91 Å². The van der Waals surface area contributed by atoms with E-state index in [-0.39, 0.29) is 30.7 Å². The lowest BCUT2D eigenvalue weighted by atomic mass is 10.0. The summed E-state index contributed by atoms with van der Waals surface area (Å²) in [6, 6.07) is 5.48. The van der Waals surface area contributed by atoms with E-state index in [0.29, 0.717) is 23.8 Å². The van der Waals surface area contributed by atoms with Gasteiger partial charge in [-0.15, -0.1) is 24.8 Å². The fourth-order valence-electron chi connectivity index (χ4n) is 2.58. The molecule has 1 amide bonds. The molecule has 1 atom stereocenters. The average Bonchev–Trinajstić information content (AvgIpc) is 3.19. The number of pyridine rings is 1. The first-order chi connectivity index (χ1) is 10.3. The third-order valence-corrected chi connectivity index (χ3v) is 3.72. The second kappa shape index (κ2) is 9.50. The van der Waals surface area contributed by atoms with E-state index < -0.39 is 0 Å². The minimum Gasteiger partial charge on any atom is -0.323 e. The topological polar surface area (TPSA) is 71.8 Å². The van der Waals surface area contributed by atoms with Crippen LogP contribution in [0.1, 0.15) is 19.3 Å². The molecule has 1 fully saturated rings. The van der Waals surface area contributed by atoms with Crippen LogP contribution in [0.15, 0.2) is 36.8 Å². The van der Waals surface area contributed by atoms with Crippen LogP contribution in [0.3, 0.4) is 0 Å². The van der Waals surface area contributed by atoms with Crippen molar-refractivity contribution in [3.63, 3.8) is 0 Å². The van der Waals surface area contributed by atoms with E-state index in [2.05, 4.69) is 20.7 Å². The van der Waals surface area contributed by atoms with Crippen LogP contribution in [0.2, 0.25) is 0 Å². The average molecular weight is 358 g/mol. The Hall–Kier alpha value is -1.63. The molecule has 1 saturated heterocycles. The summed E-state index contributed by atoms with van der Waals surface area (Å²) in [7, 11) is 0. The molecule has 8 heteroatoms. The highest BCUT2D eigenvalue weighted by Crippen LogP contribution is 2.18. The predicted molar refractivity (Wildman–Crippen MR) is 94.7 cm³/mol. The standard InChI is InChI=1S/C15H19N5O.2ClH/c21-14(5-4-12-6-9-16-11-12)19-13-3-1-7-17-15(13)20-10-2-8-18-20;;/h1-3,7-8,10,12,16H,4-6,9,11H2,(H,19,21);2*1H. The number of halogens is 2. The van der Waals surface area contributed by atoms with Gasteiger partial charge in [-0.1, -0.05) is 0 Å². The van der Waals surface area contributed by atoms with Gasteiger partial charge in [0.15, 0.2) is 5.82 Å². The highest BCUT2D eigenvalue weighted by Gasteiger charge is 2.16. The minimum atomic E-state index is 0. The summed E-state index contributed by atoms with van der Waals surface area (Å²) in [5, 5.41) is 10.4. The Labute approximate surface area is 147 Å². The van der Waals surface area contributed by atoms with Crippen LogP contribution >= 0.6 is 24.8 Å². The van der Waals surface area contributed by atoms with E-state index in [1.165, 1.54) is 6.42 Å². The summed E-state index contributed by atoms with van der Waals surface area (Å²) in [5.74, 6) is 1.29. The Balaban J connectivity index is 0.00000132. The van der Waals surface area contributed by atoms with Gasteiger partial charge in [0.05, 0.1) is 5.69 Å². The van der Waals surface area contributed by atoms with Crippen molar-refractivity contribution in [2.45, 2.75) is 19.3 Å².